The summed E-state index contributed by atoms with van der Waals surface area (Å²) in [5, 5.41) is 11.5. The molecule has 25 heavy (non-hydrogen) atoms. The fraction of sp³-hybridized carbons (Fsp3) is 0.471. The van der Waals surface area contributed by atoms with Crippen LogP contribution in [0.15, 0.2) is 32.9 Å². The summed E-state index contributed by atoms with van der Waals surface area (Å²) in [5.41, 5.74) is 1.21. The zero-order chi connectivity index (χ0) is 17.5. The fourth-order valence-electron chi connectivity index (χ4n) is 2.65. The summed E-state index contributed by atoms with van der Waals surface area (Å²) >= 11 is 4.66. The Bertz CT molecular complexity index is 685. The van der Waals surface area contributed by atoms with Crippen molar-refractivity contribution in [3.63, 3.8) is 0 Å². The van der Waals surface area contributed by atoms with Crippen LogP contribution in [0.3, 0.4) is 0 Å². The molecule has 0 bridgehead atoms. The molecule has 1 amide bonds. The van der Waals surface area contributed by atoms with Crippen molar-refractivity contribution in [2.75, 3.05) is 12.9 Å². The molecule has 0 saturated heterocycles. The van der Waals surface area contributed by atoms with E-state index in [1.54, 1.807) is 30.2 Å². The average Bonchev–Trinajstić information content (AvgIpc) is 3.30. The van der Waals surface area contributed by atoms with Crippen LogP contribution in [0.2, 0.25) is 0 Å². The molecular formula is C17H21N3O2S3. The Labute approximate surface area is 160 Å². The minimum atomic E-state index is 0.0968. The number of thioether (sulfide) groups is 2. The molecule has 1 aromatic heterocycles. The molecular weight excluding hydrogens is 374 g/mol. The third kappa shape index (κ3) is 5.90. The average molecular weight is 396 g/mol. The first-order valence-electron chi connectivity index (χ1n) is 8.24. The Morgan fingerprint density at radius 1 is 1.20 bits per heavy atom. The maximum Gasteiger partial charge on any atom is 0.230 e. The van der Waals surface area contributed by atoms with Gasteiger partial charge in [-0.15, -0.1) is 10.2 Å². The van der Waals surface area contributed by atoms with Crippen molar-refractivity contribution < 1.29 is 9.53 Å². The summed E-state index contributed by atoms with van der Waals surface area (Å²) in [5.74, 6) is 2.21. The first-order chi connectivity index (χ1) is 12.2. The van der Waals surface area contributed by atoms with Crippen LogP contribution in [0, 0.1) is 0 Å². The highest BCUT2D eigenvalue weighted by molar-refractivity contribution is 8.03. The lowest BCUT2D eigenvalue weighted by atomic mass is 10.2. The molecule has 1 aliphatic rings. The molecule has 0 atom stereocenters. The van der Waals surface area contributed by atoms with E-state index in [9.17, 15) is 4.79 Å². The van der Waals surface area contributed by atoms with Crippen molar-refractivity contribution in [2.45, 2.75) is 46.2 Å². The van der Waals surface area contributed by atoms with E-state index in [1.165, 1.54) is 30.2 Å². The number of nitrogens with one attached hydrogen (secondary N) is 1. The van der Waals surface area contributed by atoms with Crippen LogP contribution >= 0.6 is 34.9 Å². The van der Waals surface area contributed by atoms with Crippen LogP contribution in [0.4, 0.5) is 0 Å². The van der Waals surface area contributed by atoms with Gasteiger partial charge in [0.15, 0.2) is 8.68 Å². The highest BCUT2D eigenvalue weighted by atomic mass is 32.2. The molecule has 1 N–H and O–H groups in total. The minimum Gasteiger partial charge on any atom is -0.497 e. The van der Waals surface area contributed by atoms with Crippen molar-refractivity contribution in [3.8, 4) is 5.75 Å². The minimum absolute atomic E-state index is 0.0968. The number of carbonyl (C=O) groups is 1. The lowest BCUT2D eigenvalue weighted by Crippen LogP contribution is -2.33. The molecule has 1 fully saturated rings. The Morgan fingerprint density at radius 3 is 2.56 bits per heavy atom. The Hall–Kier alpha value is -1.25. The number of hydrogen-bond donors (Lipinski definition) is 1. The summed E-state index contributed by atoms with van der Waals surface area (Å²) in [6, 6.07) is 8.39. The van der Waals surface area contributed by atoms with Crippen molar-refractivity contribution >= 4 is 40.8 Å². The molecule has 0 spiro atoms. The summed E-state index contributed by atoms with van der Waals surface area (Å²) in [7, 11) is 1.66. The number of hydrogen-bond acceptors (Lipinski definition) is 7. The Balaban J connectivity index is 1.41. The third-order valence-corrected chi connectivity index (χ3v) is 7.22. The molecule has 1 aliphatic carbocycles. The van der Waals surface area contributed by atoms with E-state index < -0.39 is 0 Å². The van der Waals surface area contributed by atoms with Gasteiger partial charge in [-0.1, -0.05) is 59.8 Å². The van der Waals surface area contributed by atoms with Crippen LogP contribution in [0.25, 0.3) is 0 Å². The van der Waals surface area contributed by atoms with Crippen LogP contribution in [0.1, 0.15) is 31.2 Å². The zero-order valence-corrected chi connectivity index (χ0v) is 16.5. The summed E-state index contributed by atoms with van der Waals surface area (Å²) in [6.45, 7) is 0. The zero-order valence-electron chi connectivity index (χ0n) is 14.1. The van der Waals surface area contributed by atoms with Crippen LogP contribution < -0.4 is 10.1 Å². The van der Waals surface area contributed by atoms with Gasteiger partial charge in [0.05, 0.1) is 12.9 Å². The van der Waals surface area contributed by atoms with Crippen molar-refractivity contribution in [2.24, 2.45) is 0 Å². The number of carbonyl (C=O) groups excluding carboxylic acids is 1. The molecule has 2 aromatic rings. The molecule has 1 saturated carbocycles. The Morgan fingerprint density at radius 2 is 1.88 bits per heavy atom. The van der Waals surface area contributed by atoms with Gasteiger partial charge in [0.1, 0.15) is 5.75 Å². The fourth-order valence-corrected chi connectivity index (χ4v) is 5.43. The molecule has 3 rings (SSSR count). The van der Waals surface area contributed by atoms with E-state index in [4.69, 9.17) is 4.74 Å². The molecule has 1 heterocycles. The predicted molar refractivity (Wildman–Crippen MR) is 104 cm³/mol. The molecule has 1 aromatic carbocycles. The first kappa shape index (κ1) is 18.5. The normalized spacial score (nSPS) is 14.6. The van der Waals surface area contributed by atoms with E-state index in [2.05, 4.69) is 27.6 Å². The quantitative estimate of drug-likeness (QED) is 0.682. The lowest BCUT2D eigenvalue weighted by molar-refractivity contribution is -0.119. The molecule has 0 unspecified atom stereocenters. The second-order valence-corrected chi connectivity index (χ2v) is 9.23. The first-order valence-corrected chi connectivity index (χ1v) is 11.0. The third-order valence-electron chi connectivity index (χ3n) is 3.96. The van der Waals surface area contributed by atoms with Gasteiger partial charge in [-0.2, -0.15) is 0 Å². The Kier molecular flexibility index (Phi) is 7.01. The van der Waals surface area contributed by atoms with E-state index >= 15 is 0 Å². The van der Waals surface area contributed by atoms with Gasteiger partial charge in [-0.25, -0.2) is 0 Å². The van der Waals surface area contributed by atoms with Crippen LogP contribution in [-0.4, -0.2) is 35.0 Å². The van der Waals surface area contributed by atoms with Gasteiger partial charge in [0, 0.05) is 11.8 Å². The van der Waals surface area contributed by atoms with Crippen molar-refractivity contribution in [3.05, 3.63) is 29.8 Å². The van der Waals surface area contributed by atoms with E-state index in [-0.39, 0.29) is 5.91 Å². The van der Waals surface area contributed by atoms with Gasteiger partial charge < -0.3 is 10.1 Å². The standard InChI is InChI=1S/C17H21N3O2S3/c1-22-14-8-6-12(7-9-14)10-23-16-19-20-17(25-16)24-11-15(21)18-13-4-2-3-5-13/h6-9,13H,2-5,10-11H2,1H3,(H,18,21). The van der Waals surface area contributed by atoms with Crippen molar-refractivity contribution in [1.29, 1.82) is 0 Å². The topological polar surface area (TPSA) is 64.1 Å². The van der Waals surface area contributed by atoms with E-state index in [0.717, 1.165) is 33.0 Å². The molecule has 5 nitrogen and oxygen atoms in total. The molecule has 134 valence electrons. The highest BCUT2D eigenvalue weighted by Crippen LogP contribution is 2.31. The number of aromatic nitrogens is 2. The van der Waals surface area contributed by atoms with Gasteiger partial charge >= 0.3 is 0 Å². The van der Waals surface area contributed by atoms with E-state index in [1.807, 2.05) is 12.1 Å². The molecule has 0 radical (unpaired) electrons. The van der Waals surface area contributed by atoms with Crippen LogP contribution in [-0.2, 0) is 10.5 Å². The monoisotopic (exact) mass is 395 g/mol. The van der Waals surface area contributed by atoms with Crippen molar-refractivity contribution in [1.82, 2.24) is 15.5 Å². The maximum atomic E-state index is 12.0. The number of ether oxygens (including phenoxy) is 1. The van der Waals surface area contributed by atoms with Gasteiger partial charge in [0.2, 0.25) is 5.91 Å². The smallest absolute Gasteiger partial charge is 0.230 e. The van der Waals surface area contributed by atoms with Gasteiger partial charge in [-0.05, 0) is 30.5 Å². The molecule has 8 heteroatoms. The maximum absolute atomic E-state index is 12.0. The van der Waals surface area contributed by atoms with Crippen LogP contribution in [0.5, 0.6) is 5.75 Å². The number of benzene rings is 1. The lowest BCUT2D eigenvalue weighted by Gasteiger charge is -2.10. The predicted octanol–water partition coefficient (Wildman–Crippen LogP) is 3.99. The van der Waals surface area contributed by atoms with Gasteiger partial charge in [-0.3, -0.25) is 4.79 Å². The summed E-state index contributed by atoms with van der Waals surface area (Å²) in [6.07, 6.45) is 4.68. The number of rotatable bonds is 8. The second kappa shape index (κ2) is 9.45. The summed E-state index contributed by atoms with van der Waals surface area (Å²) in [4.78, 5) is 12.0. The number of methoxy groups -OCH3 is 1. The largest absolute Gasteiger partial charge is 0.497 e. The number of amides is 1. The SMILES string of the molecule is COc1ccc(CSc2nnc(SCC(=O)NC3CCCC3)s2)cc1. The number of nitrogens with zero attached hydrogens (tertiary/aromatic N) is 2. The second-order valence-electron chi connectivity index (χ2n) is 5.81. The highest BCUT2D eigenvalue weighted by Gasteiger charge is 2.17. The van der Waals surface area contributed by atoms with Gasteiger partial charge in [0.25, 0.3) is 0 Å². The van der Waals surface area contributed by atoms with E-state index in [0.29, 0.717) is 11.8 Å². The molecule has 0 aliphatic heterocycles. The summed E-state index contributed by atoms with van der Waals surface area (Å²) < 4.78 is 6.93.